The highest BCUT2D eigenvalue weighted by atomic mass is 16.4. The molecule has 1 aromatic rings. The van der Waals surface area contributed by atoms with Gasteiger partial charge in [0.2, 0.25) is 0 Å². The van der Waals surface area contributed by atoms with Gasteiger partial charge in [0.05, 0.1) is 5.92 Å². The van der Waals surface area contributed by atoms with Gasteiger partial charge < -0.3 is 5.11 Å². The van der Waals surface area contributed by atoms with Gasteiger partial charge in [0.15, 0.2) is 0 Å². The topological polar surface area (TPSA) is 63.1 Å². The smallest absolute Gasteiger partial charge is 0.310 e. The number of hydrogen-bond acceptors (Lipinski definition) is 3. The molecule has 0 saturated carbocycles. The quantitative estimate of drug-likeness (QED) is 0.759. The molecule has 0 aromatic carbocycles. The van der Waals surface area contributed by atoms with Crippen LogP contribution < -0.4 is 0 Å². The zero-order valence-corrected chi connectivity index (χ0v) is 7.69. The van der Waals surface area contributed by atoms with Crippen molar-refractivity contribution < 1.29 is 9.90 Å². The Kier molecular flexibility index (Phi) is 2.95. The minimum atomic E-state index is -0.854. The summed E-state index contributed by atoms with van der Waals surface area (Å²) in [5.74, 6) is -0.653. The molecule has 1 aromatic heterocycles. The number of nitrogens with zero attached hydrogens (tertiary/aromatic N) is 2. The average Bonchev–Trinajstić information content (AvgIpc) is 2.17. The normalized spacial score (nSPS) is 12.5. The predicted molar refractivity (Wildman–Crippen MR) is 47.5 cm³/mol. The Morgan fingerprint density at radius 3 is 2.46 bits per heavy atom. The molecule has 1 unspecified atom stereocenters. The van der Waals surface area contributed by atoms with Crippen molar-refractivity contribution in [1.82, 2.24) is 9.97 Å². The van der Waals surface area contributed by atoms with Gasteiger partial charge in [-0.15, -0.1) is 0 Å². The standard InChI is InChI=1S/C9H12N2O2/c1-3-8-10-4-7(5-11-8)6(2)9(12)13/h4-6H,3H2,1-2H3,(H,12,13). The lowest BCUT2D eigenvalue weighted by Crippen LogP contribution is -2.08. The zero-order chi connectivity index (χ0) is 9.84. The fraction of sp³-hybridized carbons (Fsp3) is 0.444. The third-order valence-corrected chi connectivity index (χ3v) is 1.91. The predicted octanol–water partition coefficient (Wildman–Crippen LogP) is 1.23. The first kappa shape index (κ1) is 9.64. The van der Waals surface area contributed by atoms with E-state index in [0.29, 0.717) is 5.56 Å². The van der Waals surface area contributed by atoms with E-state index >= 15 is 0 Å². The van der Waals surface area contributed by atoms with Crippen LogP contribution in [0.15, 0.2) is 12.4 Å². The van der Waals surface area contributed by atoms with Crippen LogP contribution in [0.5, 0.6) is 0 Å². The molecule has 0 aliphatic carbocycles. The summed E-state index contributed by atoms with van der Waals surface area (Å²) in [4.78, 5) is 18.7. The van der Waals surface area contributed by atoms with E-state index in [-0.39, 0.29) is 0 Å². The Morgan fingerprint density at radius 1 is 1.54 bits per heavy atom. The second-order valence-electron chi connectivity index (χ2n) is 2.85. The summed E-state index contributed by atoms with van der Waals surface area (Å²) in [6, 6.07) is 0. The average molecular weight is 180 g/mol. The van der Waals surface area contributed by atoms with E-state index in [4.69, 9.17) is 5.11 Å². The first-order valence-corrected chi connectivity index (χ1v) is 4.18. The molecule has 0 aliphatic heterocycles. The monoisotopic (exact) mass is 180 g/mol. The Morgan fingerprint density at radius 2 is 2.08 bits per heavy atom. The molecule has 1 rings (SSSR count). The molecule has 0 spiro atoms. The van der Waals surface area contributed by atoms with Gasteiger partial charge in [-0.2, -0.15) is 0 Å². The second-order valence-corrected chi connectivity index (χ2v) is 2.85. The Balaban J connectivity index is 2.85. The van der Waals surface area contributed by atoms with Crippen LogP contribution in [0.1, 0.15) is 31.2 Å². The Labute approximate surface area is 76.7 Å². The summed E-state index contributed by atoms with van der Waals surface area (Å²) in [6.07, 6.45) is 3.91. The molecule has 4 nitrogen and oxygen atoms in total. The Bertz CT molecular complexity index is 295. The summed E-state index contributed by atoms with van der Waals surface area (Å²) in [5.41, 5.74) is 0.643. The molecule has 0 radical (unpaired) electrons. The van der Waals surface area contributed by atoms with Crippen LogP contribution in [0.4, 0.5) is 0 Å². The molecule has 0 aliphatic rings. The van der Waals surface area contributed by atoms with E-state index in [0.717, 1.165) is 12.2 Å². The number of aliphatic carboxylic acids is 1. The minimum Gasteiger partial charge on any atom is -0.481 e. The summed E-state index contributed by atoms with van der Waals surface area (Å²) < 4.78 is 0. The van der Waals surface area contributed by atoms with E-state index in [1.807, 2.05) is 6.92 Å². The van der Waals surface area contributed by atoms with Crippen LogP contribution in [0.2, 0.25) is 0 Å². The van der Waals surface area contributed by atoms with E-state index < -0.39 is 11.9 Å². The van der Waals surface area contributed by atoms with Crippen molar-refractivity contribution in [2.75, 3.05) is 0 Å². The van der Waals surface area contributed by atoms with Crippen LogP contribution in [0, 0.1) is 0 Å². The fourth-order valence-electron chi connectivity index (χ4n) is 0.914. The largest absolute Gasteiger partial charge is 0.481 e. The number of carbonyl (C=O) groups is 1. The van der Waals surface area contributed by atoms with Crippen LogP contribution in [0.3, 0.4) is 0 Å². The molecule has 1 atom stereocenters. The molecule has 4 heteroatoms. The van der Waals surface area contributed by atoms with Crippen molar-refractivity contribution in [1.29, 1.82) is 0 Å². The summed E-state index contributed by atoms with van der Waals surface area (Å²) in [7, 11) is 0. The van der Waals surface area contributed by atoms with Crippen molar-refractivity contribution in [3.63, 3.8) is 0 Å². The molecule has 0 amide bonds. The van der Waals surface area contributed by atoms with Crippen molar-refractivity contribution in [2.45, 2.75) is 26.2 Å². The molecular weight excluding hydrogens is 168 g/mol. The third kappa shape index (κ3) is 2.24. The Hall–Kier alpha value is -1.45. The highest BCUT2D eigenvalue weighted by Gasteiger charge is 2.13. The maximum absolute atomic E-state index is 10.6. The van der Waals surface area contributed by atoms with Crippen molar-refractivity contribution in [3.8, 4) is 0 Å². The van der Waals surface area contributed by atoms with Gasteiger partial charge in [-0.3, -0.25) is 4.79 Å². The van der Waals surface area contributed by atoms with E-state index in [1.165, 1.54) is 0 Å². The highest BCUT2D eigenvalue weighted by Crippen LogP contribution is 2.12. The summed E-state index contributed by atoms with van der Waals surface area (Å²) in [6.45, 7) is 3.57. The number of carboxylic acid groups (broad SMARTS) is 1. The lowest BCUT2D eigenvalue weighted by Gasteiger charge is -2.04. The molecule has 0 fully saturated rings. The number of aromatic nitrogens is 2. The first-order chi connectivity index (χ1) is 6.15. The minimum absolute atomic E-state index is 0.536. The van der Waals surface area contributed by atoms with Crippen molar-refractivity contribution in [2.24, 2.45) is 0 Å². The highest BCUT2D eigenvalue weighted by molar-refractivity contribution is 5.75. The fourth-order valence-corrected chi connectivity index (χ4v) is 0.914. The number of hydrogen-bond donors (Lipinski definition) is 1. The van der Waals surface area contributed by atoms with E-state index in [9.17, 15) is 4.79 Å². The lowest BCUT2D eigenvalue weighted by atomic mass is 10.1. The van der Waals surface area contributed by atoms with E-state index in [1.54, 1.807) is 19.3 Å². The first-order valence-electron chi connectivity index (χ1n) is 4.18. The summed E-state index contributed by atoms with van der Waals surface area (Å²) >= 11 is 0. The third-order valence-electron chi connectivity index (χ3n) is 1.91. The number of carboxylic acids is 1. The molecule has 13 heavy (non-hydrogen) atoms. The van der Waals surface area contributed by atoms with Crippen LogP contribution in [0.25, 0.3) is 0 Å². The van der Waals surface area contributed by atoms with Gasteiger partial charge in [0.25, 0.3) is 0 Å². The zero-order valence-electron chi connectivity index (χ0n) is 7.69. The maximum Gasteiger partial charge on any atom is 0.310 e. The summed E-state index contributed by atoms with van der Waals surface area (Å²) in [5, 5.41) is 8.71. The molecule has 1 heterocycles. The van der Waals surface area contributed by atoms with Gasteiger partial charge in [0.1, 0.15) is 5.82 Å². The lowest BCUT2D eigenvalue weighted by molar-refractivity contribution is -0.138. The van der Waals surface area contributed by atoms with E-state index in [2.05, 4.69) is 9.97 Å². The maximum atomic E-state index is 10.6. The van der Waals surface area contributed by atoms with Gasteiger partial charge in [0, 0.05) is 24.4 Å². The molecule has 1 N–H and O–H groups in total. The van der Waals surface area contributed by atoms with Crippen LogP contribution >= 0.6 is 0 Å². The number of aryl methyl sites for hydroxylation is 1. The van der Waals surface area contributed by atoms with Crippen molar-refractivity contribution >= 4 is 5.97 Å². The van der Waals surface area contributed by atoms with Gasteiger partial charge in [-0.25, -0.2) is 9.97 Å². The van der Waals surface area contributed by atoms with Gasteiger partial charge in [-0.1, -0.05) is 6.92 Å². The van der Waals surface area contributed by atoms with Crippen LogP contribution in [-0.2, 0) is 11.2 Å². The van der Waals surface area contributed by atoms with Crippen LogP contribution in [-0.4, -0.2) is 21.0 Å². The second kappa shape index (κ2) is 3.98. The molecule has 0 saturated heterocycles. The molecule has 70 valence electrons. The molecule has 0 bridgehead atoms. The van der Waals surface area contributed by atoms with Gasteiger partial charge >= 0.3 is 5.97 Å². The molecular formula is C9H12N2O2. The van der Waals surface area contributed by atoms with Crippen molar-refractivity contribution in [3.05, 3.63) is 23.8 Å². The SMILES string of the molecule is CCc1ncc(C(C)C(=O)O)cn1. The van der Waals surface area contributed by atoms with Gasteiger partial charge in [-0.05, 0) is 6.92 Å². The number of rotatable bonds is 3.